The van der Waals surface area contributed by atoms with Gasteiger partial charge in [0.15, 0.2) is 11.5 Å². The second-order valence-electron chi connectivity index (χ2n) is 8.84. The number of ether oxygens (including phenoxy) is 3. The number of nitrogen functional groups attached to an aromatic ring is 2. The number of methoxy groups -OCH3 is 1. The summed E-state index contributed by atoms with van der Waals surface area (Å²) in [6, 6.07) is 8.58. The van der Waals surface area contributed by atoms with Gasteiger partial charge in [0.2, 0.25) is 0 Å². The number of rotatable bonds is 9. The quantitative estimate of drug-likeness (QED) is 0.243. The van der Waals surface area contributed by atoms with Crippen LogP contribution in [0.2, 0.25) is 10.0 Å². The zero-order valence-electron chi connectivity index (χ0n) is 20.9. The number of hydrogen-bond donors (Lipinski definition) is 3. The highest BCUT2D eigenvalue weighted by Crippen LogP contribution is 2.38. The molecule has 1 fully saturated rings. The number of piperidine rings is 1. The van der Waals surface area contributed by atoms with Gasteiger partial charge in [0.05, 0.1) is 28.6 Å². The Kier molecular flexibility index (Phi) is 8.63. The highest BCUT2D eigenvalue weighted by Gasteiger charge is 2.23. The SMILES string of the molecule is CCN1CCC(Oc2c(N)cc(C(=N)c3cc(OCc4c(Cl)cncc4Cl)ccc3N)cc2OC)CC1. The van der Waals surface area contributed by atoms with Gasteiger partial charge in [-0.3, -0.25) is 10.4 Å². The molecule has 0 bridgehead atoms. The van der Waals surface area contributed by atoms with Crippen LogP contribution in [-0.2, 0) is 6.61 Å². The number of anilines is 2. The molecule has 0 amide bonds. The summed E-state index contributed by atoms with van der Waals surface area (Å²) in [7, 11) is 1.56. The minimum Gasteiger partial charge on any atom is -0.493 e. The summed E-state index contributed by atoms with van der Waals surface area (Å²) < 4.78 is 17.8. The molecule has 1 aliphatic heterocycles. The van der Waals surface area contributed by atoms with E-state index in [2.05, 4.69) is 16.8 Å². The summed E-state index contributed by atoms with van der Waals surface area (Å²) in [6.45, 7) is 5.32. The van der Waals surface area contributed by atoms with Crippen molar-refractivity contribution >= 4 is 40.3 Å². The van der Waals surface area contributed by atoms with Gasteiger partial charge >= 0.3 is 0 Å². The van der Waals surface area contributed by atoms with Crippen LogP contribution in [0.3, 0.4) is 0 Å². The van der Waals surface area contributed by atoms with Crippen molar-refractivity contribution in [3.63, 3.8) is 0 Å². The maximum atomic E-state index is 8.86. The fourth-order valence-electron chi connectivity index (χ4n) is 4.28. The number of nitrogens with one attached hydrogen (secondary N) is 1. The Hall–Kier alpha value is -3.20. The number of hydrogen-bond acceptors (Lipinski definition) is 8. The van der Waals surface area contributed by atoms with Crippen LogP contribution in [0.4, 0.5) is 11.4 Å². The summed E-state index contributed by atoms with van der Waals surface area (Å²) in [5, 5.41) is 9.69. The molecule has 0 aliphatic carbocycles. The van der Waals surface area contributed by atoms with E-state index in [0.717, 1.165) is 32.5 Å². The normalized spacial score (nSPS) is 14.4. The van der Waals surface area contributed by atoms with E-state index in [1.54, 1.807) is 37.4 Å². The molecule has 0 atom stereocenters. The predicted molar refractivity (Wildman–Crippen MR) is 149 cm³/mol. The number of likely N-dealkylation sites (tertiary alicyclic amines) is 1. The lowest BCUT2D eigenvalue weighted by atomic mass is 9.99. The lowest BCUT2D eigenvalue weighted by molar-refractivity contribution is 0.102. The number of aromatic nitrogens is 1. The monoisotopic (exact) mass is 543 g/mol. The molecule has 8 nitrogen and oxygen atoms in total. The number of halogens is 2. The molecule has 4 rings (SSSR count). The molecule has 0 spiro atoms. The van der Waals surface area contributed by atoms with E-state index in [0.29, 0.717) is 55.4 Å². The van der Waals surface area contributed by atoms with Gasteiger partial charge in [-0.05, 0) is 49.7 Å². The van der Waals surface area contributed by atoms with Gasteiger partial charge < -0.3 is 30.6 Å². The second kappa shape index (κ2) is 11.9. The molecule has 3 aromatic rings. The molecule has 196 valence electrons. The van der Waals surface area contributed by atoms with Crippen molar-refractivity contribution in [3.05, 3.63) is 69.5 Å². The number of pyridine rings is 1. The lowest BCUT2D eigenvalue weighted by Gasteiger charge is -2.31. The Labute approximate surface area is 226 Å². The average Bonchev–Trinajstić information content (AvgIpc) is 2.90. The van der Waals surface area contributed by atoms with Crippen LogP contribution in [0.5, 0.6) is 17.2 Å². The van der Waals surface area contributed by atoms with E-state index in [1.807, 2.05) is 0 Å². The molecule has 5 N–H and O–H groups in total. The molecule has 0 unspecified atom stereocenters. The summed E-state index contributed by atoms with van der Waals surface area (Å²) in [4.78, 5) is 6.35. The van der Waals surface area contributed by atoms with Gasteiger partial charge in [0.25, 0.3) is 0 Å². The van der Waals surface area contributed by atoms with Crippen molar-refractivity contribution in [2.24, 2.45) is 0 Å². The molecule has 1 aliphatic rings. The fraction of sp³-hybridized carbons (Fsp3) is 0.333. The Morgan fingerprint density at radius 3 is 2.43 bits per heavy atom. The number of nitrogens with two attached hydrogens (primary N) is 2. The zero-order valence-corrected chi connectivity index (χ0v) is 22.4. The highest BCUT2D eigenvalue weighted by molar-refractivity contribution is 6.35. The van der Waals surface area contributed by atoms with Crippen LogP contribution in [-0.4, -0.2) is 48.4 Å². The molecular weight excluding hydrogens is 513 g/mol. The molecule has 10 heteroatoms. The van der Waals surface area contributed by atoms with Crippen LogP contribution in [0, 0.1) is 5.41 Å². The third-order valence-corrected chi connectivity index (χ3v) is 7.14. The van der Waals surface area contributed by atoms with Gasteiger partial charge in [-0.15, -0.1) is 0 Å². The first kappa shape index (κ1) is 26.9. The summed E-state index contributed by atoms with van der Waals surface area (Å²) >= 11 is 12.4. The minimum absolute atomic E-state index is 0.0659. The predicted octanol–water partition coefficient (Wildman–Crippen LogP) is 5.42. The molecule has 2 heterocycles. The largest absolute Gasteiger partial charge is 0.493 e. The molecule has 0 saturated carbocycles. The maximum Gasteiger partial charge on any atom is 0.184 e. The van der Waals surface area contributed by atoms with Crippen molar-refractivity contribution in [2.45, 2.75) is 32.5 Å². The summed E-state index contributed by atoms with van der Waals surface area (Å²) in [5.74, 6) is 1.49. The summed E-state index contributed by atoms with van der Waals surface area (Å²) in [6.07, 6.45) is 4.93. The highest BCUT2D eigenvalue weighted by atomic mass is 35.5. The molecule has 1 saturated heterocycles. The van der Waals surface area contributed by atoms with Crippen LogP contribution >= 0.6 is 23.2 Å². The lowest BCUT2D eigenvalue weighted by Crippen LogP contribution is -2.38. The van der Waals surface area contributed by atoms with Crippen LogP contribution in [0.1, 0.15) is 36.5 Å². The third kappa shape index (κ3) is 6.21. The van der Waals surface area contributed by atoms with E-state index in [4.69, 9.17) is 54.3 Å². The van der Waals surface area contributed by atoms with Crippen molar-refractivity contribution in [3.8, 4) is 17.2 Å². The smallest absolute Gasteiger partial charge is 0.184 e. The first-order valence-electron chi connectivity index (χ1n) is 12.1. The number of nitrogens with zero attached hydrogens (tertiary/aromatic N) is 2. The van der Waals surface area contributed by atoms with Gasteiger partial charge in [-0.1, -0.05) is 30.1 Å². The van der Waals surface area contributed by atoms with E-state index >= 15 is 0 Å². The van der Waals surface area contributed by atoms with Crippen molar-refractivity contribution in [1.82, 2.24) is 9.88 Å². The molecule has 1 aromatic heterocycles. The standard InChI is InChI=1S/C27H31Cl2N5O3/c1-3-34-8-6-17(7-9-34)37-27-24(31)10-16(11-25(27)35-2)26(32)19-12-18(4-5-23(19)30)36-15-20-21(28)13-33-14-22(20)29/h4-5,10-14,17,32H,3,6-9,15,30-31H2,1-2H3. The van der Waals surface area contributed by atoms with E-state index in [1.165, 1.54) is 12.4 Å². The first-order valence-corrected chi connectivity index (χ1v) is 12.8. The van der Waals surface area contributed by atoms with Crippen molar-refractivity contribution in [1.29, 1.82) is 5.41 Å². The Balaban J connectivity index is 1.53. The number of benzene rings is 2. The van der Waals surface area contributed by atoms with Gasteiger partial charge in [0.1, 0.15) is 18.5 Å². The topological polar surface area (TPSA) is 120 Å². The average molecular weight is 544 g/mol. The van der Waals surface area contributed by atoms with Gasteiger partial charge in [0, 0.05) is 47.9 Å². The van der Waals surface area contributed by atoms with E-state index in [9.17, 15) is 0 Å². The summed E-state index contributed by atoms with van der Waals surface area (Å²) in [5.41, 5.74) is 15.3. The van der Waals surface area contributed by atoms with Gasteiger partial charge in [-0.25, -0.2) is 0 Å². The Morgan fingerprint density at radius 1 is 1.08 bits per heavy atom. The first-order chi connectivity index (χ1) is 17.8. The van der Waals surface area contributed by atoms with Crippen molar-refractivity contribution in [2.75, 3.05) is 38.2 Å². The second-order valence-corrected chi connectivity index (χ2v) is 9.66. The zero-order chi connectivity index (χ0) is 26.5. The maximum absolute atomic E-state index is 8.86. The molecule has 37 heavy (non-hydrogen) atoms. The molecule has 2 aromatic carbocycles. The fourth-order valence-corrected chi connectivity index (χ4v) is 4.76. The van der Waals surface area contributed by atoms with Crippen LogP contribution in [0.15, 0.2) is 42.7 Å². The Morgan fingerprint density at radius 2 is 1.78 bits per heavy atom. The minimum atomic E-state index is 0.0659. The Bertz CT molecular complexity index is 1260. The van der Waals surface area contributed by atoms with Crippen LogP contribution < -0.4 is 25.7 Å². The van der Waals surface area contributed by atoms with E-state index < -0.39 is 0 Å². The van der Waals surface area contributed by atoms with Gasteiger partial charge in [-0.2, -0.15) is 0 Å². The third-order valence-electron chi connectivity index (χ3n) is 6.49. The van der Waals surface area contributed by atoms with E-state index in [-0.39, 0.29) is 18.4 Å². The molecular formula is C27H31Cl2N5O3. The van der Waals surface area contributed by atoms with Crippen molar-refractivity contribution < 1.29 is 14.2 Å². The molecule has 0 radical (unpaired) electrons. The van der Waals surface area contributed by atoms with Crippen LogP contribution in [0.25, 0.3) is 0 Å².